The van der Waals surface area contributed by atoms with Gasteiger partial charge in [-0.15, -0.1) is 0 Å². The van der Waals surface area contributed by atoms with Crippen LogP contribution in [0.1, 0.15) is 107 Å². The lowest BCUT2D eigenvalue weighted by Gasteiger charge is -2.37. The van der Waals surface area contributed by atoms with Crippen molar-refractivity contribution in [3.8, 4) is 0 Å². The highest BCUT2D eigenvalue weighted by atomic mass is 16.6. The molecule has 0 aromatic heterocycles. The molecule has 1 aromatic rings. The summed E-state index contributed by atoms with van der Waals surface area (Å²) < 4.78 is 11.7. The predicted octanol–water partition coefficient (Wildman–Crippen LogP) is 3.02. The Labute approximate surface area is 320 Å². The van der Waals surface area contributed by atoms with Crippen LogP contribution in [0.5, 0.6) is 0 Å². The number of rotatable bonds is 15. The molecule has 6 amide bonds. The summed E-state index contributed by atoms with van der Waals surface area (Å²) in [6, 6.07) is 4.02. The van der Waals surface area contributed by atoms with Crippen molar-refractivity contribution in [3.05, 3.63) is 35.9 Å². The van der Waals surface area contributed by atoms with Gasteiger partial charge in [-0.25, -0.2) is 4.79 Å². The number of carbonyl (C=O) groups is 7. The van der Waals surface area contributed by atoms with E-state index in [1.807, 2.05) is 27.7 Å². The van der Waals surface area contributed by atoms with Gasteiger partial charge in [0.1, 0.15) is 23.7 Å². The van der Waals surface area contributed by atoms with Crippen molar-refractivity contribution in [1.29, 1.82) is 0 Å². The van der Waals surface area contributed by atoms with Gasteiger partial charge in [0.05, 0.1) is 24.3 Å². The van der Waals surface area contributed by atoms with E-state index in [9.17, 15) is 33.6 Å². The standard InChI is InChI=1S/C39H62N6O9/c1-13-14-20-25(30(47)33(49)40-23-27(46)42-28(34(50)44(11)12)24-18-16-15-17-19-24)41-32(48)29-26(53-38(5,6)7)21-22-45(29)35(51)31(37(2,3)4)43-36(52)54-39(8,9)10/h15-19,25-26,28-29,31H,13-14,20-23H2,1-12H3,(H,40,49)(H,41,48)(H,42,46)(H,43,52)/t25?,26-,28?,29-,31+/m0/s1. The Bertz CT molecular complexity index is 1490. The highest BCUT2D eigenvalue weighted by Gasteiger charge is 2.48. The second-order valence-electron chi connectivity index (χ2n) is 16.9. The molecule has 15 nitrogen and oxygen atoms in total. The van der Waals surface area contributed by atoms with Gasteiger partial charge in [-0.3, -0.25) is 28.8 Å². The molecule has 2 rings (SSSR count). The molecule has 1 aromatic carbocycles. The molecule has 54 heavy (non-hydrogen) atoms. The minimum atomic E-state index is -1.28. The summed E-state index contributed by atoms with van der Waals surface area (Å²) in [4.78, 5) is 96.5. The van der Waals surface area contributed by atoms with Crippen LogP contribution in [0.3, 0.4) is 0 Å². The number of unbranched alkanes of at least 4 members (excludes halogenated alkanes) is 1. The zero-order valence-electron chi connectivity index (χ0n) is 34.1. The van der Waals surface area contributed by atoms with Crippen LogP contribution in [0.2, 0.25) is 0 Å². The second-order valence-corrected chi connectivity index (χ2v) is 16.9. The average molecular weight is 759 g/mol. The Balaban J connectivity index is 2.31. The Morgan fingerprint density at radius 3 is 2.00 bits per heavy atom. The number of ketones is 1. The van der Waals surface area contributed by atoms with Crippen molar-refractivity contribution in [3.63, 3.8) is 0 Å². The summed E-state index contributed by atoms with van der Waals surface area (Å²) in [5.41, 5.74) is -1.77. The van der Waals surface area contributed by atoms with E-state index >= 15 is 0 Å². The number of benzene rings is 1. The van der Waals surface area contributed by atoms with Crippen LogP contribution in [0, 0.1) is 5.41 Å². The normalized spacial score (nSPS) is 17.7. The van der Waals surface area contributed by atoms with E-state index in [-0.39, 0.29) is 18.9 Å². The number of nitrogens with zero attached hydrogens (tertiary/aromatic N) is 2. The molecule has 0 spiro atoms. The van der Waals surface area contributed by atoms with Gasteiger partial charge in [0.25, 0.3) is 5.91 Å². The topological polar surface area (TPSA) is 193 Å². The lowest BCUT2D eigenvalue weighted by molar-refractivity contribution is -0.149. The number of ether oxygens (including phenoxy) is 2. The molecule has 5 atom stereocenters. The first kappa shape index (κ1) is 45.6. The van der Waals surface area contributed by atoms with Crippen LogP contribution < -0.4 is 21.3 Å². The first-order valence-corrected chi connectivity index (χ1v) is 18.5. The van der Waals surface area contributed by atoms with Crippen molar-refractivity contribution in [2.24, 2.45) is 5.41 Å². The quantitative estimate of drug-likeness (QED) is 0.195. The molecule has 0 radical (unpaired) electrons. The molecular formula is C39H62N6O9. The van der Waals surface area contributed by atoms with Gasteiger partial charge >= 0.3 is 6.09 Å². The summed E-state index contributed by atoms with van der Waals surface area (Å²) >= 11 is 0. The Hall–Kier alpha value is -4.53. The van der Waals surface area contributed by atoms with Crippen molar-refractivity contribution < 1.29 is 43.0 Å². The lowest BCUT2D eigenvalue weighted by Crippen LogP contribution is -2.61. The number of hydrogen-bond donors (Lipinski definition) is 4. The highest BCUT2D eigenvalue weighted by Crippen LogP contribution is 2.30. The van der Waals surface area contributed by atoms with Crippen LogP contribution in [-0.4, -0.2) is 114 Å². The number of Topliss-reactive ketones (excluding diaryl/α,β-unsaturated/α-hetero) is 1. The Morgan fingerprint density at radius 2 is 1.48 bits per heavy atom. The third-order valence-electron chi connectivity index (χ3n) is 8.41. The zero-order valence-corrected chi connectivity index (χ0v) is 34.1. The van der Waals surface area contributed by atoms with E-state index < -0.39 is 88.9 Å². The number of likely N-dealkylation sites (N-methyl/N-ethyl adjacent to an activating group) is 1. The number of carbonyl (C=O) groups excluding carboxylic acids is 7. The predicted molar refractivity (Wildman–Crippen MR) is 203 cm³/mol. The van der Waals surface area contributed by atoms with Crippen molar-refractivity contribution in [2.75, 3.05) is 27.2 Å². The van der Waals surface area contributed by atoms with E-state index in [1.54, 1.807) is 86.0 Å². The zero-order chi connectivity index (χ0) is 41.2. The monoisotopic (exact) mass is 758 g/mol. The van der Waals surface area contributed by atoms with Gasteiger partial charge in [-0.1, -0.05) is 70.9 Å². The van der Waals surface area contributed by atoms with E-state index in [0.717, 1.165) is 0 Å². The summed E-state index contributed by atoms with van der Waals surface area (Å²) in [5, 5.41) is 10.3. The summed E-state index contributed by atoms with van der Waals surface area (Å²) in [5.74, 6) is -4.40. The first-order chi connectivity index (χ1) is 24.9. The molecule has 1 aliphatic heterocycles. The van der Waals surface area contributed by atoms with Gasteiger partial charge in [0, 0.05) is 20.6 Å². The lowest BCUT2D eigenvalue weighted by atomic mass is 9.85. The fourth-order valence-corrected chi connectivity index (χ4v) is 5.88. The molecule has 0 bridgehead atoms. The maximum atomic E-state index is 14.2. The summed E-state index contributed by atoms with van der Waals surface area (Å²) in [6.45, 7) is 17.3. The van der Waals surface area contributed by atoms with Crippen LogP contribution in [-0.2, 0) is 38.2 Å². The number of likely N-dealkylation sites (tertiary alicyclic amines) is 1. The van der Waals surface area contributed by atoms with E-state index in [1.165, 1.54) is 9.80 Å². The van der Waals surface area contributed by atoms with Crippen molar-refractivity contribution in [2.45, 2.75) is 136 Å². The minimum absolute atomic E-state index is 0.115. The van der Waals surface area contributed by atoms with Gasteiger partial charge in [-0.2, -0.15) is 0 Å². The Kier molecular flexibility index (Phi) is 16.2. The molecule has 4 N–H and O–H groups in total. The van der Waals surface area contributed by atoms with Crippen LogP contribution in [0.15, 0.2) is 30.3 Å². The third-order valence-corrected chi connectivity index (χ3v) is 8.41. The molecule has 0 aliphatic carbocycles. The summed E-state index contributed by atoms with van der Waals surface area (Å²) in [7, 11) is 3.11. The highest BCUT2D eigenvalue weighted by molar-refractivity contribution is 6.38. The van der Waals surface area contributed by atoms with E-state index in [2.05, 4.69) is 21.3 Å². The molecule has 1 fully saturated rings. The number of alkyl carbamates (subject to hydrolysis) is 1. The molecule has 15 heteroatoms. The van der Waals surface area contributed by atoms with Gasteiger partial charge < -0.3 is 40.5 Å². The molecule has 0 saturated carbocycles. The third kappa shape index (κ3) is 14.0. The average Bonchev–Trinajstić information content (AvgIpc) is 3.46. The molecule has 302 valence electrons. The van der Waals surface area contributed by atoms with Gasteiger partial charge in [0.2, 0.25) is 29.4 Å². The maximum Gasteiger partial charge on any atom is 0.408 e. The fraction of sp³-hybridized carbons (Fsp3) is 0.667. The molecule has 2 unspecified atom stereocenters. The number of hydrogen-bond acceptors (Lipinski definition) is 9. The van der Waals surface area contributed by atoms with Gasteiger partial charge in [-0.05, 0) is 65.4 Å². The van der Waals surface area contributed by atoms with E-state index in [4.69, 9.17) is 9.47 Å². The fourth-order valence-electron chi connectivity index (χ4n) is 5.88. The Morgan fingerprint density at radius 1 is 0.870 bits per heavy atom. The van der Waals surface area contributed by atoms with Gasteiger partial charge in [0.15, 0.2) is 0 Å². The molecule has 1 saturated heterocycles. The molecular weight excluding hydrogens is 696 g/mol. The van der Waals surface area contributed by atoms with Crippen LogP contribution >= 0.6 is 0 Å². The van der Waals surface area contributed by atoms with Crippen molar-refractivity contribution >= 4 is 41.4 Å². The molecule has 1 aliphatic rings. The molecule has 1 heterocycles. The second kappa shape index (κ2) is 19.2. The van der Waals surface area contributed by atoms with Crippen molar-refractivity contribution in [1.82, 2.24) is 31.1 Å². The largest absolute Gasteiger partial charge is 0.444 e. The van der Waals surface area contributed by atoms with Crippen LogP contribution in [0.25, 0.3) is 0 Å². The number of nitrogens with one attached hydrogen (secondary N) is 4. The minimum Gasteiger partial charge on any atom is -0.444 e. The SMILES string of the molecule is CCCCC(NC(=O)[C@@H]1[C@@H](OC(C)(C)C)CCN1C(=O)[C@@H](NC(=O)OC(C)(C)C)C(C)(C)C)C(=O)C(=O)NCC(=O)NC(C(=O)N(C)C)c1ccccc1. The number of amides is 6. The first-order valence-electron chi connectivity index (χ1n) is 18.5. The summed E-state index contributed by atoms with van der Waals surface area (Å²) in [6.07, 6.45) is -0.00569. The smallest absolute Gasteiger partial charge is 0.408 e. The maximum absolute atomic E-state index is 14.2. The van der Waals surface area contributed by atoms with Crippen LogP contribution in [0.4, 0.5) is 4.79 Å². The van der Waals surface area contributed by atoms with E-state index in [0.29, 0.717) is 24.8 Å².